The van der Waals surface area contributed by atoms with Gasteiger partial charge in [-0.2, -0.15) is 0 Å². The third-order valence-electron chi connectivity index (χ3n) is 3.72. The molecule has 0 atom stereocenters. The fourth-order valence-corrected chi connectivity index (χ4v) is 2.77. The third-order valence-corrected chi connectivity index (χ3v) is 3.94. The lowest BCUT2D eigenvalue weighted by Gasteiger charge is -2.32. The molecule has 1 heterocycles. The van der Waals surface area contributed by atoms with Gasteiger partial charge in [0.25, 0.3) is 0 Å². The number of thiocarbonyl (C=S) groups is 1. The molecule has 0 amide bonds. The molecule has 1 aromatic rings. The van der Waals surface area contributed by atoms with Crippen molar-refractivity contribution in [2.24, 2.45) is 0 Å². The van der Waals surface area contributed by atoms with Crippen LogP contribution in [0.3, 0.4) is 0 Å². The summed E-state index contributed by atoms with van der Waals surface area (Å²) in [6, 6.07) is 5.81. The van der Waals surface area contributed by atoms with Crippen molar-refractivity contribution in [3.05, 3.63) is 24.3 Å². The minimum Gasteiger partial charge on any atom is -0.406 e. The number of ether oxygens (including phenoxy) is 1. The van der Waals surface area contributed by atoms with Gasteiger partial charge in [-0.25, -0.2) is 0 Å². The lowest BCUT2D eigenvalue weighted by Crippen LogP contribution is -2.45. The van der Waals surface area contributed by atoms with Gasteiger partial charge < -0.3 is 20.3 Å². The predicted molar refractivity (Wildman–Crippen MR) is 87.6 cm³/mol. The van der Waals surface area contributed by atoms with Crippen molar-refractivity contribution < 1.29 is 17.9 Å². The van der Waals surface area contributed by atoms with E-state index in [1.807, 2.05) is 0 Å². The highest BCUT2D eigenvalue weighted by Crippen LogP contribution is 2.24. The van der Waals surface area contributed by atoms with Crippen LogP contribution in [0.2, 0.25) is 0 Å². The van der Waals surface area contributed by atoms with E-state index >= 15 is 0 Å². The van der Waals surface area contributed by atoms with Crippen LogP contribution < -0.4 is 15.4 Å². The van der Waals surface area contributed by atoms with Crippen molar-refractivity contribution in [3.8, 4) is 5.75 Å². The first-order valence-electron chi connectivity index (χ1n) is 7.51. The Morgan fingerprint density at radius 2 is 1.87 bits per heavy atom. The van der Waals surface area contributed by atoms with Crippen LogP contribution in [0.5, 0.6) is 5.75 Å². The van der Waals surface area contributed by atoms with Gasteiger partial charge in [0.2, 0.25) is 0 Å². The summed E-state index contributed by atoms with van der Waals surface area (Å²) in [4.78, 5) is 2.38. The van der Waals surface area contributed by atoms with Crippen LogP contribution >= 0.6 is 12.2 Å². The van der Waals surface area contributed by atoms with Crippen molar-refractivity contribution in [2.75, 3.05) is 25.0 Å². The summed E-state index contributed by atoms with van der Waals surface area (Å²) in [5.74, 6) is -0.256. The second kappa shape index (κ2) is 7.83. The van der Waals surface area contributed by atoms with E-state index in [1.54, 1.807) is 0 Å². The molecule has 1 aromatic carbocycles. The monoisotopic (exact) mass is 347 g/mol. The molecule has 4 nitrogen and oxygen atoms in total. The molecule has 23 heavy (non-hydrogen) atoms. The molecule has 128 valence electrons. The summed E-state index contributed by atoms with van der Waals surface area (Å²) in [5.41, 5.74) is 0.614. The van der Waals surface area contributed by atoms with Gasteiger partial charge in [-0.05, 0) is 55.9 Å². The van der Waals surface area contributed by atoms with Gasteiger partial charge >= 0.3 is 6.36 Å². The molecule has 0 saturated carbocycles. The second-order valence-electron chi connectivity index (χ2n) is 5.38. The van der Waals surface area contributed by atoms with Crippen LogP contribution in [0, 0.1) is 0 Å². The fourth-order valence-electron chi connectivity index (χ4n) is 2.49. The Morgan fingerprint density at radius 3 is 2.39 bits per heavy atom. The molecular formula is C15H20F3N3OS. The quantitative estimate of drug-likeness (QED) is 0.817. The van der Waals surface area contributed by atoms with Crippen molar-refractivity contribution in [1.29, 1.82) is 0 Å². The molecule has 1 saturated heterocycles. The molecule has 0 radical (unpaired) electrons. The highest BCUT2D eigenvalue weighted by atomic mass is 32.1. The molecule has 1 fully saturated rings. The topological polar surface area (TPSA) is 36.5 Å². The molecule has 2 N–H and O–H groups in total. The van der Waals surface area contributed by atoms with Crippen LogP contribution in [0.25, 0.3) is 0 Å². The van der Waals surface area contributed by atoms with E-state index in [-0.39, 0.29) is 5.75 Å². The molecule has 0 bridgehead atoms. The Bertz CT molecular complexity index is 514. The number of benzene rings is 1. The van der Waals surface area contributed by atoms with Gasteiger partial charge in [0.05, 0.1) is 0 Å². The average Bonchev–Trinajstić information content (AvgIpc) is 2.48. The van der Waals surface area contributed by atoms with Gasteiger partial charge in [-0.1, -0.05) is 6.92 Å². The number of alkyl halides is 3. The van der Waals surface area contributed by atoms with Crippen LogP contribution in [0.1, 0.15) is 19.8 Å². The molecule has 1 aliphatic heterocycles. The molecule has 0 aromatic heterocycles. The zero-order valence-electron chi connectivity index (χ0n) is 12.8. The molecule has 1 aliphatic rings. The maximum atomic E-state index is 12.1. The Kier molecular flexibility index (Phi) is 6.06. The molecule has 0 aliphatic carbocycles. The van der Waals surface area contributed by atoms with E-state index < -0.39 is 6.36 Å². The molecule has 2 rings (SSSR count). The van der Waals surface area contributed by atoms with Gasteiger partial charge in [0.15, 0.2) is 5.11 Å². The number of piperidine rings is 1. The van der Waals surface area contributed by atoms with Crippen LogP contribution in [0.4, 0.5) is 18.9 Å². The number of nitrogens with one attached hydrogen (secondary N) is 2. The molecule has 0 unspecified atom stereocenters. The highest BCUT2D eigenvalue weighted by molar-refractivity contribution is 7.80. The Balaban J connectivity index is 1.79. The van der Waals surface area contributed by atoms with Crippen LogP contribution in [0.15, 0.2) is 24.3 Å². The highest BCUT2D eigenvalue weighted by Gasteiger charge is 2.30. The third kappa shape index (κ3) is 6.23. The second-order valence-corrected chi connectivity index (χ2v) is 5.79. The molecular weight excluding hydrogens is 327 g/mol. The summed E-state index contributed by atoms with van der Waals surface area (Å²) >= 11 is 5.25. The van der Waals surface area contributed by atoms with Gasteiger partial charge in [-0.15, -0.1) is 13.2 Å². The zero-order valence-corrected chi connectivity index (χ0v) is 13.6. The van der Waals surface area contributed by atoms with Crippen molar-refractivity contribution in [2.45, 2.75) is 32.2 Å². The van der Waals surface area contributed by atoms with Gasteiger partial charge in [0, 0.05) is 24.8 Å². The average molecular weight is 347 g/mol. The van der Waals surface area contributed by atoms with Gasteiger partial charge in [0.1, 0.15) is 5.75 Å². The fraction of sp³-hybridized carbons (Fsp3) is 0.533. The zero-order chi connectivity index (χ0) is 16.9. The summed E-state index contributed by atoms with van der Waals surface area (Å²) in [6.45, 7) is 5.29. The number of rotatable bonds is 4. The van der Waals surface area contributed by atoms with E-state index in [1.165, 1.54) is 24.3 Å². The molecule has 0 spiro atoms. The van der Waals surface area contributed by atoms with Crippen molar-refractivity contribution in [1.82, 2.24) is 10.2 Å². The smallest absolute Gasteiger partial charge is 0.406 e. The van der Waals surface area contributed by atoms with E-state index in [0.717, 1.165) is 32.5 Å². The summed E-state index contributed by atoms with van der Waals surface area (Å²) in [5, 5.41) is 6.70. The first-order chi connectivity index (χ1) is 10.9. The van der Waals surface area contributed by atoms with E-state index in [2.05, 4.69) is 27.2 Å². The standard InChI is InChI=1S/C15H20F3N3OS/c1-2-21-9-7-12(8-10-21)20-14(23)19-11-3-5-13(6-4-11)22-15(16,17)18/h3-6,12H,2,7-10H2,1H3,(H2,19,20,23). The summed E-state index contributed by atoms with van der Waals surface area (Å²) in [7, 11) is 0. The number of nitrogens with zero attached hydrogens (tertiary/aromatic N) is 1. The first kappa shape index (κ1) is 17.8. The van der Waals surface area contributed by atoms with Crippen LogP contribution in [-0.2, 0) is 0 Å². The lowest BCUT2D eigenvalue weighted by molar-refractivity contribution is -0.274. The number of anilines is 1. The Morgan fingerprint density at radius 1 is 1.26 bits per heavy atom. The van der Waals surface area contributed by atoms with Crippen molar-refractivity contribution >= 4 is 23.0 Å². The number of hydrogen-bond donors (Lipinski definition) is 2. The number of hydrogen-bond acceptors (Lipinski definition) is 3. The minimum atomic E-state index is -4.68. The first-order valence-corrected chi connectivity index (χ1v) is 7.92. The van der Waals surface area contributed by atoms with Crippen LogP contribution in [-0.4, -0.2) is 42.1 Å². The maximum Gasteiger partial charge on any atom is 0.573 e. The van der Waals surface area contributed by atoms with E-state index in [9.17, 15) is 13.2 Å². The Labute approximate surface area is 139 Å². The molecule has 8 heteroatoms. The number of halogens is 3. The van der Waals surface area contributed by atoms with Crippen molar-refractivity contribution in [3.63, 3.8) is 0 Å². The van der Waals surface area contributed by atoms with Gasteiger partial charge in [-0.3, -0.25) is 0 Å². The Hall–Kier alpha value is -1.54. The summed E-state index contributed by atoms with van der Waals surface area (Å²) in [6.07, 6.45) is -2.64. The largest absolute Gasteiger partial charge is 0.573 e. The summed E-state index contributed by atoms with van der Waals surface area (Å²) < 4.78 is 40.1. The number of likely N-dealkylation sites (tertiary alicyclic amines) is 1. The SMILES string of the molecule is CCN1CCC(NC(=S)Nc2ccc(OC(F)(F)F)cc2)CC1. The normalized spacial score (nSPS) is 16.9. The minimum absolute atomic E-state index is 0.256. The maximum absolute atomic E-state index is 12.1. The van der Waals surface area contributed by atoms with E-state index in [4.69, 9.17) is 12.2 Å². The van der Waals surface area contributed by atoms with E-state index in [0.29, 0.717) is 16.8 Å². The lowest BCUT2D eigenvalue weighted by atomic mass is 10.1. The predicted octanol–water partition coefficient (Wildman–Crippen LogP) is 3.36.